The number of hydrogen-bond donors (Lipinski definition) is 2. The van der Waals surface area contributed by atoms with Crippen LogP contribution in [0.1, 0.15) is 34.6 Å². The molecule has 0 saturated carbocycles. The Labute approximate surface area is 102 Å². The quantitative estimate of drug-likeness (QED) is 0.787. The topological polar surface area (TPSA) is 59.0 Å². The summed E-state index contributed by atoms with van der Waals surface area (Å²) in [4.78, 5) is 12.2. The van der Waals surface area contributed by atoms with Gasteiger partial charge in [0.05, 0.1) is 11.3 Å². The molecule has 2 heterocycles. The minimum Gasteiger partial charge on any atom is -0.348 e. The summed E-state index contributed by atoms with van der Waals surface area (Å²) >= 11 is 0. The van der Waals surface area contributed by atoms with Gasteiger partial charge < -0.3 is 10.6 Å². The lowest BCUT2D eigenvalue weighted by atomic mass is 10.1. The number of amides is 1. The second kappa shape index (κ2) is 4.87. The maximum atomic E-state index is 12.2. The number of aromatic nitrogens is 2. The van der Waals surface area contributed by atoms with E-state index < -0.39 is 0 Å². The minimum absolute atomic E-state index is 0.00167. The van der Waals surface area contributed by atoms with Crippen molar-refractivity contribution in [3.8, 4) is 0 Å². The molecule has 0 radical (unpaired) electrons. The molecule has 1 amide bonds. The van der Waals surface area contributed by atoms with Crippen molar-refractivity contribution < 1.29 is 4.79 Å². The number of carbonyl (C=O) groups is 1. The van der Waals surface area contributed by atoms with Gasteiger partial charge in [-0.25, -0.2) is 0 Å². The molecule has 1 saturated heterocycles. The van der Waals surface area contributed by atoms with Crippen molar-refractivity contribution in [2.75, 3.05) is 13.1 Å². The van der Waals surface area contributed by atoms with Crippen LogP contribution in [0.4, 0.5) is 0 Å². The number of rotatable bonds is 2. The zero-order chi connectivity index (χ0) is 12.4. The zero-order valence-electron chi connectivity index (χ0n) is 10.7. The summed E-state index contributed by atoms with van der Waals surface area (Å²) in [6.07, 6.45) is 2.17. The molecular formula is C12H20N4O. The van der Waals surface area contributed by atoms with Gasteiger partial charge >= 0.3 is 0 Å². The number of hydrogen-bond acceptors (Lipinski definition) is 3. The third kappa shape index (κ3) is 2.49. The SMILES string of the molecule is Cc1nn(C)c(C)c1C(=O)N[C@@H]1CCCNC1. The molecule has 0 bridgehead atoms. The van der Waals surface area contributed by atoms with E-state index in [1.807, 2.05) is 20.9 Å². The Morgan fingerprint density at radius 3 is 2.82 bits per heavy atom. The van der Waals surface area contributed by atoms with Gasteiger partial charge in [-0.2, -0.15) is 5.10 Å². The summed E-state index contributed by atoms with van der Waals surface area (Å²) in [5, 5.41) is 10.6. The molecule has 1 aromatic rings. The number of piperidine rings is 1. The Morgan fingerprint density at radius 2 is 2.29 bits per heavy atom. The van der Waals surface area contributed by atoms with E-state index in [4.69, 9.17) is 0 Å². The van der Waals surface area contributed by atoms with Crippen molar-refractivity contribution in [3.63, 3.8) is 0 Å². The van der Waals surface area contributed by atoms with Crippen LogP contribution in [0.3, 0.4) is 0 Å². The molecule has 1 aliphatic rings. The molecule has 1 aromatic heterocycles. The average Bonchev–Trinajstić information content (AvgIpc) is 2.54. The summed E-state index contributed by atoms with van der Waals surface area (Å²) in [6, 6.07) is 0.246. The Morgan fingerprint density at radius 1 is 1.53 bits per heavy atom. The molecule has 0 aliphatic carbocycles. The van der Waals surface area contributed by atoms with E-state index in [2.05, 4.69) is 15.7 Å². The first-order valence-electron chi connectivity index (χ1n) is 6.11. The third-order valence-corrected chi connectivity index (χ3v) is 3.37. The number of nitrogens with zero attached hydrogens (tertiary/aromatic N) is 2. The lowest BCUT2D eigenvalue weighted by Crippen LogP contribution is -2.45. The van der Waals surface area contributed by atoms with E-state index in [1.54, 1.807) is 4.68 Å². The molecular weight excluding hydrogens is 216 g/mol. The van der Waals surface area contributed by atoms with E-state index >= 15 is 0 Å². The van der Waals surface area contributed by atoms with Crippen LogP contribution in [0.15, 0.2) is 0 Å². The van der Waals surface area contributed by atoms with Crippen LogP contribution in [0.25, 0.3) is 0 Å². The van der Waals surface area contributed by atoms with Gasteiger partial charge in [-0.3, -0.25) is 9.48 Å². The van der Waals surface area contributed by atoms with Crippen molar-refractivity contribution in [2.24, 2.45) is 7.05 Å². The molecule has 17 heavy (non-hydrogen) atoms. The van der Waals surface area contributed by atoms with Crippen molar-refractivity contribution in [3.05, 3.63) is 17.0 Å². The predicted octanol–water partition coefficient (Wildman–Crippen LogP) is 0.519. The maximum absolute atomic E-state index is 12.2. The Bertz CT molecular complexity index is 418. The monoisotopic (exact) mass is 236 g/mol. The summed E-state index contributed by atoms with van der Waals surface area (Å²) in [5.41, 5.74) is 2.44. The first-order valence-corrected chi connectivity index (χ1v) is 6.11. The second-order valence-electron chi connectivity index (χ2n) is 4.69. The van der Waals surface area contributed by atoms with Crippen molar-refractivity contribution in [2.45, 2.75) is 32.7 Å². The van der Waals surface area contributed by atoms with Crippen LogP contribution in [-0.4, -0.2) is 34.8 Å². The highest BCUT2D eigenvalue weighted by Crippen LogP contribution is 2.12. The van der Waals surface area contributed by atoms with Crippen LogP contribution in [0.2, 0.25) is 0 Å². The number of carbonyl (C=O) groups excluding carboxylic acids is 1. The van der Waals surface area contributed by atoms with Crippen molar-refractivity contribution in [1.82, 2.24) is 20.4 Å². The Kier molecular flexibility index (Phi) is 3.47. The van der Waals surface area contributed by atoms with Crippen LogP contribution in [-0.2, 0) is 7.05 Å². The highest BCUT2D eigenvalue weighted by atomic mass is 16.1. The molecule has 0 unspecified atom stereocenters. The smallest absolute Gasteiger partial charge is 0.255 e. The zero-order valence-corrected chi connectivity index (χ0v) is 10.7. The molecule has 1 aliphatic heterocycles. The van der Waals surface area contributed by atoms with Gasteiger partial charge in [0.15, 0.2) is 0 Å². The highest BCUT2D eigenvalue weighted by Gasteiger charge is 2.21. The van der Waals surface area contributed by atoms with Gasteiger partial charge in [0, 0.05) is 25.3 Å². The number of aryl methyl sites for hydroxylation is 2. The van der Waals surface area contributed by atoms with Crippen molar-refractivity contribution >= 4 is 5.91 Å². The van der Waals surface area contributed by atoms with E-state index in [9.17, 15) is 4.79 Å². The van der Waals surface area contributed by atoms with Crippen LogP contribution in [0.5, 0.6) is 0 Å². The van der Waals surface area contributed by atoms with Gasteiger partial charge in [0.2, 0.25) is 0 Å². The van der Waals surface area contributed by atoms with Crippen LogP contribution >= 0.6 is 0 Å². The third-order valence-electron chi connectivity index (χ3n) is 3.37. The Balaban J connectivity index is 2.08. The van der Waals surface area contributed by atoms with Gasteiger partial charge in [-0.1, -0.05) is 0 Å². The standard InChI is InChI=1S/C12H20N4O/c1-8-11(9(2)16(3)15-8)12(17)14-10-5-4-6-13-7-10/h10,13H,4-7H2,1-3H3,(H,14,17)/t10-/m1/s1. The summed E-state index contributed by atoms with van der Waals surface area (Å²) in [7, 11) is 1.86. The first-order chi connectivity index (χ1) is 8.09. The summed E-state index contributed by atoms with van der Waals surface area (Å²) < 4.78 is 1.75. The molecule has 2 N–H and O–H groups in total. The van der Waals surface area contributed by atoms with Crippen LogP contribution in [0, 0.1) is 13.8 Å². The fraction of sp³-hybridized carbons (Fsp3) is 0.667. The first kappa shape index (κ1) is 12.1. The lowest BCUT2D eigenvalue weighted by molar-refractivity contribution is 0.0929. The number of nitrogens with one attached hydrogen (secondary N) is 2. The van der Waals surface area contributed by atoms with Gasteiger partial charge in [0.1, 0.15) is 0 Å². The molecule has 5 heteroatoms. The van der Waals surface area contributed by atoms with Crippen molar-refractivity contribution in [1.29, 1.82) is 0 Å². The predicted molar refractivity (Wildman–Crippen MR) is 66.0 cm³/mol. The molecule has 5 nitrogen and oxygen atoms in total. The summed E-state index contributed by atoms with van der Waals surface area (Å²) in [6.45, 7) is 5.72. The highest BCUT2D eigenvalue weighted by molar-refractivity contribution is 5.96. The van der Waals surface area contributed by atoms with Crippen LogP contribution < -0.4 is 10.6 Å². The maximum Gasteiger partial charge on any atom is 0.255 e. The van der Waals surface area contributed by atoms with E-state index in [0.29, 0.717) is 0 Å². The molecule has 0 aromatic carbocycles. The Hall–Kier alpha value is -1.36. The van der Waals surface area contributed by atoms with E-state index in [0.717, 1.165) is 42.9 Å². The fourth-order valence-electron chi connectivity index (χ4n) is 2.33. The molecule has 0 spiro atoms. The molecule has 1 fully saturated rings. The molecule has 1 atom stereocenters. The van der Waals surface area contributed by atoms with Gasteiger partial charge in [-0.05, 0) is 33.2 Å². The van der Waals surface area contributed by atoms with Gasteiger partial charge in [0.25, 0.3) is 5.91 Å². The van der Waals surface area contributed by atoms with E-state index in [1.165, 1.54) is 0 Å². The van der Waals surface area contributed by atoms with E-state index in [-0.39, 0.29) is 11.9 Å². The second-order valence-corrected chi connectivity index (χ2v) is 4.69. The molecule has 2 rings (SSSR count). The normalized spacial score (nSPS) is 20.3. The van der Waals surface area contributed by atoms with Gasteiger partial charge in [-0.15, -0.1) is 0 Å². The summed E-state index contributed by atoms with van der Waals surface area (Å²) in [5.74, 6) is 0.00167. The largest absolute Gasteiger partial charge is 0.348 e. The lowest BCUT2D eigenvalue weighted by Gasteiger charge is -2.23. The average molecular weight is 236 g/mol. The molecule has 94 valence electrons. The minimum atomic E-state index is 0.00167. The fourth-order valence-corrected chi connectivity index (χ4v) is 2.33.